The first-order valence-electron chi connectivity index (χ1n) is 9.62. The predicted octanol–water partition coefficient (Wildman–Crippen LogP) is 4.58. The highest BCUT2D eigenvalue weighted by Gasteiger charge is 2.34. The van der Waals surface area contributed by atoms with Crippen molar-refractivity contribution in [2.75, 3.05) is 11.9 Å². The van der Waals surface area contributed by atoms with Gasteiger partial charge in [-0.1, -0.05) is 48.5 Å². The Morgan fingerprint density at radius 3 is 2.23 bits per heavy atom. The summed E-state index contributed by atoms with van der Waals surface area (Å²) in [5, 5.41) is 3.22. The van der Waals surface area contributed by atoms with E-state index in [4.69, 9.17) is 4.74 Å². The maximum absolute atomic E-state index is 13.4. The van der Waals surface area contributed by atoms with Crippen molar-refractivity contribution < 1.29 is 23.9 Å². The second-order valence-electron chi connectivity index (χ2n) is 7.00. The number of esters is 1. The van der Waals surface area contributed by atoms with Crippen LogP contribution in [0.2, 0.25) is 0 Å². The zero-order valence-electron chi connectivity index (χ0n) is 16.8. The monoisotopic (exact) mass is 413 g/mol. The van der Waals surface area contributed by atoms with E-state index in [2.05, 4.69) is 16.6 Å². The van der Waals surface area contributed by atoms with Crippen molar-refractivity contribution in [3.63, 3.8) is 0 Å². The van der Waals surface area contributed by atoms with Crippen LogP contribution in [0.1, 0.15) is 37.4 Å². The molecule has 154 valence electrons. The summed E-state index contributed by atoms with van der Waals surface area (Å²) in [6.07, 6.45) is 1.00. The lowest BCUT2D eigenvalue weighted by atomic mass is 9.82. The van der Waals surface area contributed by atoms with Gasteiger partial charge in [0, 0.05) is 16.8 Å². The van der Waals surface area contributed by atoms with E-state index in [9.17, 15) is 14.4 Å². The van der Waals surface area contributed by atoms with Gasteiger partial charge in [-0.05, 0) is 31.2 Å². The van der Waals surface area contributed by atoms with Crippen LogP contribution >= 0.6 is 0 Å². The van der Waals surface area contributed by atoms with Crippen LogP contribution in [-0.4, -0.2) is 24.1 Å². The SMILES string of the molecule is C=COC(=O)COc1ccc(Nc2ccc(C)cc2)c2c1C(=O)c1ccccc1C2=O. The molecule has 0 bridgehead atoms. The van der Waals surface area contributed by atoms with Gasteiger partial charge >= 0.3 is 5.97 Å². The Hall–Kier alpha value is -4.19. The predicted molar refractivity (Wildman–Crippen MR) is 116 cm³/mol. The topological polar surface area (TPSA) is 81.7 Å². The molecule has 6 nitrogen and oxygen atoms in total. The minimum absolute atomic E-state index is 0.118. The number of nitrogens with one attached hydrogen (secondary N) is 1. The zero-order valence-corrected chi connectivity index (χ0v) is 16.8. The summed E-state index contributed by atoms with van der Waals surface area (Å²) >= 11 is 0. The molecular weight excluding hydrogens is 394 g/mol. The molecule has 4 rings (SSSR count). The molecule has 0 saturated carbocycles. The number of hydrogen-bond acceptors (Lipinski definition) is 6. The van der Waals surface area contributed by atoms with Gasteiger partial charge in [0.05, 0.1) is 23.1 Å². The van der Waals surface area contributed by atoms with E-state index in [0.29, 0.717) is 16.8 Å². The minimum atomic E-state index is -0.666. The lowest BCUT2D eigenvalue weighted by Gasteiger charge is -2.23. The van der Waals surface area contributed by atoms with Gasteiger partial charge in [0.1, 0.15) is 5.75 Å². The van der Waals surface area contributed by atoms with E-state index >= 15 is 0 Å². The van der Waals surface area contributed by atoms with Crippen molar-refractivity contribution >= 4 is 28.9 Å². The van der Waals surface area contributed by atoms with Crippen LogP contribution in [0.5, 0.6) is 5.75 Å². The highest BCUT2D eigenvalue weighted by molar-refractivity contribution is 6.31. The van der Waals surface area contributed by atoms with Crippen LogP contribution in [-0.2, 0) is 9.53 Å². The summed E-state index contributed by atoms with van der Waals surface area (Å²) in [4.78, 5) is 38.3. The maximum Gasteiger partial charge on any atom is 0.348 e. The summed E-state index contributed by atoms with van der Waals surface area (Å²) in [5.41, 5.74) is 3.30. The van der Waals surface area contributed by atoms with Crippen LogP contribution in [0.3, 0.4) is 0 Å². The van der Waals surface area contributed by atoms with Gasteiger partial charge in [-0.25, -0.2) is 4.79 Å². The van der Waals surface area contributed by atoms with E-state index in [-0.39, 0.29) is 28.4 Å². The fourth-order valence-corrected chi connectivity index (χ4v) is 3.47. The number of fused-ring (bicyclic) bond motifs is 2. The summed E-state index contributed by atoms with van der Waals surface area (Å²) in [6.45, 7) is 4.88. The number of anilines is 2. The molecule has 0 saturated heterocycles. The van der Waals surface area contributed by atoms with E-state index in [1.807, 2.05) is 31.2 Å². The molecule has 0 spiro atoms. The first kappa shape index (κ1) is 20.1. The highest BCUT2D eigenvalue weighted by atomic mass is 16.6. The number of benzene rings is 3. The van der Waals surface area contributed by atoms with Crippen LogP contribution in [0.25, 0.3) is 0 Å². The zero-order chi connectivity index (χ0) is 22.0. The largest absolute Gasteiger partial charge is 0.481 e. The Bertz CT molecular complexity index is 1210. The molecule has 31 heavy (non-hydrogen) atoms. The van der Waals surface area contributed by atoms with E-state index in [1.165, 1.54) is 0 Å². The summed E-state index contributed by atoms with van der Waals surface area (Å²) < 4.78 is 10.2. The average molecular weight is 413 g/mol. The third-order valence-corrected chi connectivity index (χ3v) is 4.93. The molecule has 0 aromatic heterocycles. The first-order valence-corrected chi connectivity index (χ1v) is 9.62. The molecule has 0 unspecified atom stereocenters. The third-order valence-electron chi connectivity index (χ3n) is 4.93. The second kappa shape index (κ2) is 8.28. The van der Waals surface area contributed by atoms with Gasteiger partial charge in [-0.15, -0.1) is 0 Å². The molecule has 0 atom stereocenters. The Kier molecular flexibility index (Phi) is 5.37. The van der Waals surface area contributed by atoms with E-state index in [1.54, 1.807) is 36.4 Å². The van der Waals surface area contributed by atoms with Crippen molar-refractivity contribution in [1.82, 2.24) is 0 Å². The molecule has 1 N–H and O–H groups in total. The third kappa shape index (κ3) is 3.83. The maximum atomic E-state index is 13.4. The molecule has 0 heterocycles. The molecule has 1 aliphatic carbocycles. The van der Waals surface area contributed by atoms with Gasteiger partial charge < -0.3 is 14.8 Å². The number of ether oxygens (including phenoxy) is 2. The molecule has 1 aliphatic rings. The first-order chi connectivity index (χ1) is 15.0. The molecule has 6 heteroatoms. The Labute approximate surface area is 179 Å². The van der Waals surface area contributed by atoms with E-state index in [0.717, 1.165) is 17.5 Å². The molecule has 3 aromatic carbocycles. The quantitative estimate of drug-likeness (QED) is 0.368. The summed E-state index contributed by atoms with van der Waals surface area (Å²) in [5.74, 6) is -1.16. The summed E-state index contributed by atoms with van der Waals surface area (Å²) in [7, 11) is 0. The highest BCUT2D eigenvalue weighted by Crippen LogP contribution is 2.38. The molecule has 0 fully saturated rings. The standard InChI is InChI=1S/C25H19NO5/c1-3-30-21(27)14-31-20-13-12-19(26-16-10-8-15(2)9-11-16)22-23(20)25(29)18-7-5-4-6-17(18)24(22)28/h3-13,26H,1,14H2,2H3. The second-order valence-corrected chi connectivity index (χ2v) is 7.00. The Balaban J connectivity index is 1.81. The van der Waals surface area contributed by atoms with Crippen molar-refractivity contribution in [2.24, 2.45) is 0 Å². The number of rotatable bonds is 6. The number of carbonyl (C=O) groups excluding carboxylic acids is 3. The van der Waals surface area contributed by atoms with Gasteiger partial charge in [0.2, 0.25) is 0 Å². The van der Waals surface area contributed by atoms with Crippen LogP contribution in [0, 0.1) is 6.92 Å². The number of hydrogen-bond donors (Lipinski definition) is 1. The number of carbonyl (C=O) groups is 3. The Morgan fingerprint density at radius 2 is 1.58 bits per heavy atom. The van der Waals surface area contributed by atoms with Crippen molar-refractivity contribution in [3.8, 4) is 5.75 Å². The van der Waals surface area contributed by atoms with Crippen molar-refractivity contribution in [1.29, 1.82) is 0 Å². The van der Waals surface area contributed by atoms with Gasteiger partial charge in [0.15, 0.2) is 18.2 Å². The van der Waals surface area contributed by atoms with Crippen molar-refractivity contribution in [3.05, 3.63) is 101 Å². The fraction of sp³-hybridized carbons (Fsp3) is 0.0800. The minimum Gasteiger partial charge on any atom is -0.481 e. The van der Waals surface area contributed by atoms with Gasteiger partial charge in [-0.2, -0.15) is 0 Å². The van der Waals surface area contributed by atoms with Gasteiger partial charge in [0.25, 0.3) is 0 Å². The van der Waals surface area contributed by atoms with E-state index < -0.39 is 12.6 Å². The smallest absolute Gasteiger partial charge is 0.348 e. The average Bonchev–Trinajstić information content (AvgIpc) is 2.78. The number of ketones is 2. The molecular formula is C25H19NO5. The lowest BCUT2D eigenvalue weighted by Crippen LogP contribution is -2.24. The molecule has 3 aromatic rings. The van der Waals surface area contributed by atoms with Crippen LogP contribution in [0.4, 0.5) is 11.4 Å². The van der Waals surface area contributed by atoms with Crippen LogP contribution in [0.15, 0.2) is 73.5 Å². The van der Waals surface area contributed by atoms with Crippen LogP contribution < -0.4 is 10.1 Å². The molecule has 0 amide bonds. The normalized spacial score (nSPS) is 11.9. The van der Waals surface area contributed by atoms with Crippen molar-refractivity contribution in [2.45, 2.75) is 6.92 Å². The molecule has 0 radical (unpaired) electrons. The van der Waals surface area contributed by atoms with Gasteiger partial charge in [-0.3, -0.25) is 9.59 Å². The number of aryl methyl sites for hydroxylation is 1. The Morgan fingerprint density at radius 1 is 0.935 bits per heavy atom. The molecule has 0 aliphatic heterocycles. The summed E-state index contributed by atoms with van der Waals surface area (Å²) in [6, 6.07) is 17.5. The lowest BCUT2D eigenvalue weighted by molar-refractivity contribution is -0.140. The fourth-order valence-electron chi connectivity index (χ4n) is 3.47.